The smallest absolute Gasteiger partial charge is 0.416 e. The molecule has 3 amide bonds. The first-order valence-electron chi connectivity index (χ1n) is 16.3. The second-order valence-corrected chi connectivity index (χ2v) is 11.9. The monoisotopic (exact) mass is 779 g/mol. The van der Waals surface area contributed by atoms with Gasteiger partial charge in [0.2, 0.25) is 5.95 Å². The number of alkyl halides is 9. The van der Waals surface area contributed by atoms with Crippen LogP contribution in [0.4, 0.5) is 60.7 Å². The van der Waals surface area contributed by atoms with Crippen LogP contribution in [0.15, 0.2) is 42.6 Å². The van der Waals surface area contributed by atoms with Gasteiger partial charge in [-0.1, -0.05) is 6.92 Å². The number of ether oxygens (including phenoxy) is 3. The molecule has 0 bridgehead atoms. The summed E-state index contributed by atoms with van der Waals surface area (Å²) in [6.07, 6.45) is -16.4. The lowest BCUT2D eigenvalue weighted by molar-refractivity contribution is -0.143. The maximum Gasteiger partial charge on any atom is 0.416 e. The van der Waals surface area contributed by atoms with Crippen LogP contribution in [-0.2, 0) is 39.2 Å². The van der Waals surface area contributed by atoms with Gasteiger partial charge in [-0.25, -0.2) is 24.5 Å². The van der Waals surface area contributed by atoms with Gasteiger partial charge in [0.05, 0.1) is 53.5 Å². The maximum atomic E-state index is 13.8. The molecule has 0 saturated carbocycles. The average molecular weight is 780 g/mol. The first-order valence-corrected chi connectivity index (χ1v) is 16.3. The number of aromatic nitrogens is 2. The van der Waals surface area contributed by atoms with Crippen molar-refractivity contribution >= 4 is 29.7 Å². The summed E-state index contributed by atoms with van der Waals surface area (Å²) in [5, 5.41) is 2.89. The molecule has 2 atom stereocenters. The largest absolute Gasteiger partial charge is 0.480 e. The van der Waals surface area contributed by atoms with E-state index in [1.165, 1.54) is 11.8 Å². The summed E-state index contributed by atoms with van der Waals surface area (Å²) in [6.45, 7) is 3.82. The number of anilines is 2. The third-order valence-electron chi connectivity index (χ3n) is 8.22. The van der Waals surface area contributed by atoms with Gasteiger partial charge in [0, 0.05) is 19.5 Å². The number of hydrogen-bond donors (Lipinski definition) is 1. The van der Waals surface area contributed by atoms with Crippen LogP contribution in [0, 0.1) is 0 Å². The number of nitrogens with one attached hydrogen (secondary N) is 1. The molecule has 1 N–H and O–H groups in total. The van der Waals surface area contributed by atoms with Gasteiger partial charge in [0.25, 0.3) is 5.91 Å². The Hall–Kier alpha value is -5.30. The van der Waals surface area contributed by atoms with Crippen LogP contribution in [0.5, 0.6) is 5.75 Å². The van der Waals surface area contributed by atoms with Gasteiger partial charge >= 0.3 is 30.7 Å². The summed E-state index contributed by atoms with van der Waals surface area (Å²) in [4.78, 5) is 47.7. The third-order valence-corrected chi connectivity index (χ3v) is 8.22. The Kier molecular flexibility index (Phi) is 12.6. The van der Waals surface area contributed by atoms with Gasteiger partial charge in [-0.3, -0.25) is 9.69 Å². The van der Waals surface area contributed by atoms with Crippen molar-refractivity contribution in [2.45, 2.75) is 70.6 Å². The molecule has 54 heavy (non-hydrogen) atoms. The number of nitrogens with zero attached hydrogens (tertiary/aromatic N) is 4. The summed E-state index contributed by atoms with van der Waals surface area (Å²) in [5.41, 5.74) is -5.02. The normalized spacial score (nSPS) is 16.0. The number of carbonyl (C=O) groups excluding carboxylic acids is 3. The minimum atomic E-state index is -5.17. The van der Waals surface area contributed by atoms with Gasteiger partial charge < -0.3 is 19.5 Å². The maximum absolute atomic E-state index is 13.8. The number of benzene rings is 2. The van der Waals surface area contributed by atoms with E-state index in [0.717, 1.165) is 31.4 Å². The molecule has 0 saturated heterocycles. The van der Waals surface area contributed by atoms with Crippen molar-refractivity contribution in [1.29, 1.82) is 0 Å². The average Bonchev–Trinajstić information content (AvgIpc) is 3.09. The molecule has 1 aliphatic rings. The van der Waals surface area contributed by atoms with E-state index in [9.17, 15) is 53.9 Å². The molecule has 294 valence electrons. The molecule has 0 spiro atoms. The van der Waals surface area contributed by atoms with Crippen molar-refractivity contribution in [3.8, 4) is 5.75 Å². The van der Waals surface area contributed by atoms with Crippen LogP contribution < -0.4 is 15.0 Å². The Bertz CT molecular complexity index is 1820. The first kappa shape index (κ1) is 41.5. The van der Waals surface area contributed by atoms with Gasteiger partial charge in [-0.15, -0.1) is 0 Å². The summed E-state index contributed by atoms with van der Waals surface area (Å²) in [6, 6.07) is 2.01. The van der Waals surface area contributed by atoms with Crippen molar-refractivity contribution in [3.05, 3.63) is 76.1 Å². The van der Waals surface area contributed by atoms with E-state index in [-0.39, 0.29) is 54.3 Å². The molecule has 2 aromatic carbocycles. The molecule has 2 heterocycles. The van der Waals surface area contributed by atoms with Crippen LogP contribution >= 0.6 is 0 Å². The summed E-state index contributed by atoms with van der Waals surface area (Å²) < 4.78 is 139. The van der Waals surface area contributed by atoms with Crippen molar-refractivity contribution in [2.24, 2.45) is 0 Å². The number of halogens is 9. The van der Waals surface area contributed by atoms with Crippen molar-refractivity contribution < 1.29 is 68.1 Å². The Morgan fingerprint density at radius 2 is 1.48 bits per heavy atom. The van der Waals surface area contributed by atoms with Crippen LogP contribution in [0.1, 0.15) is 73.2 Å². The molecule has 1 aromatic heterocycles. The molecular formula is C34H34F9N5O6. The van der Waals surface area contributed by atoms with Crippen LogP contribution in [-0.4, -0.2) is 65.9 Å². The molecule has 1 aliphatic heterocycles. The number of amides is 3. The number of imide groups is 1. The topological polar surface area (TPSA) is 123 Å². The molecule has 0 unspecified atom stereocenters. The van der Waals surface area contributed by atoms with Crippen LogP contribution in [0.3, 0.4) is 0 Å². The highest BCUT2D eigenvalue weighted by molar-refractivity contribution is 5.92. The molecule has 0 aliphatic carbocycles. The lowest BCUT2D eigenvalue weighted by Crippen LogP contribution is -2.46. The van der Waals surface area contributed by atoms with Gasteiger partial charge in [-0.2, -0.15) is 39.5 Å². The van der Waals surface area contributed by atoms with Gasteiger partial charge in [0.1, 0.15) is 0 Å². The zero-order chi connectivity index (χ0) is 40.2. The molecule has 0 radical (unpaired) electrons. The minimum Gasteiger partial charge on any atom is -0.480 e. The highest BCUT2D eigenvalue weighted by atomic mass is 19.4. The van der Waals surface area contributed by atoms with Crippen molar-refractivity contribution in [3.63, 3.8) is 0 Å². The van der Waals surface area contributed by atoms with E-state index in [1.54, 1.807) is 13.8 Å². The van der Waals surface area contributed by atoms with E-state index in [0.29, 0.717) is 23.5 Å². The van der Waals surface area contributed by atoms with Gasteiger partial charge in [0.15, 0.2) is 12.4 Å². The number of carbonyl (C=O) groups is 3. The Balaban J connectivity index is 1.80. The Labute approximate surface area is 302 Å². The predicted molar refractivity (Wildman–Crippen MR) is 173 cm³/mol. The molecular weight excluding hydrogens is 745 g/mol. The van der Waals surface area contributed by atoms with E-state index in [4.69, 9.17) is 14.2 Å². The Morgan fingerprint density at radius 3 is 2.04 bits per heavy atom. The standard InChI is InChI=1S/C34H34F9N5O6/c1-5-22-15-24(23-14-19(32(35,36)37)8-9-26(23)48(22)31(51)53-7-3)45-29-44-16-27(54-17-28(49)47(4)30(50)52-6-2)25(46-29)12-18-10-20(33(38,39)40)13-21(11-18)34(41,42)43/h8-11,13-14,16,22,24H,5-7,12,15,17H2,1-4H3,(H,44,45,46)/t22-,24+/m1/s1. The second-order valence-electron chi connectivity index (χ2n) is 11.9. The first-order chi connectivity index (χ1) is 25.2. The van der Waals surface area contributed by atoms with Crippen LogP contribution in [0.2, 0.25) is 0 Å². The summed E-state index contributed by atoms with van der Waals surface area (Å²) in [7, 11) is 1.08. The fourth-order valence-corrected chi connectivity index (χ4v) is 5.61. The van der Waals surface area contributed by atoms with Crippen molar-refractivity contribution in [1.82, 2.24) is 14.9 Å². The summed E-state index contributed by atoms with van der Waals surface area (Å²) >= 11 is 0. The highest BCUT2D eigenvalue weighted by Gasteiger charge is 2.40. The van der Waals surface area contributed by atoms with Crippen LogP contribution in [0.25, 0.3) is 0 Å². The molecule has 11 nitrogen and oxygen atoms in total. The van der Waals surface area contributed by atoms with E-state index >= 15 is 0 Å². The second kappa shape index (κ2) is 16.4. The number of rotatable bonds is 10. The zero-order valence-corrected chi connectivity index (χ0v) is 29.1. The lowest BCUT2D eigenvalue weighted by Gasteiger charge is -2.40. The van der Waals surface area contributed by atoms with E-state index < -0.39 is 84.0 Å². The van der Waals surface area contributed by atoms with E-state index in [2.05, 4.69) is 15.3 Å². The zero-order valence-electron chi connectivity index (χ0n) is 29.1. The fourth-order valence-electron chi connectivity index (χ4n) is 5.61. The van der Waals surface area contributed by atoms with Crippen molar-refractivity contribution in [2.75, 3.05) is 37.1 Å². The summed E-state index contributed by atoms with van der Waals surface area (Å²) in [5.74, 6) is -1.65. The molecule has 3 aromatic rings. The number of likely N-dealkylation sites (N-methyl/N-ethyl adjacent to an activating group) is 1. The molecule has 4 rings (SSSR count). The SMILES string of the molecule is CCOC(=O)N(C)C(=O)COc1cnc(N[C@H]2C[C@@H](CC)N(C(=O)OCC)c3ccc(C(F)(F)F)cc32)nc1Cc1cc(C(F)(F)F)cc(C(F)(F)F)c1. The predicted octanol–water partition coefficient (Wildman–Crippen LogP) is 8.42. The fraction of sp³-hybridized carbons (Fsp3) is 0.441. The quantitative estimate of drug-likeness (QED) is 0.202. The minimum absolute atomic E-state index is 0.00215. The number of hydrogen-bond acceptors (Lipinski definition) is 9. The third kappa shape index (κ3) is 9.81. The van der Waals surface area contributed by atoms with E-state index in [1.807, 2.05) is 0 Å². The highest BCUT2D eigenvalue weighted by Crippen LogP contribution is 2.43. The molecule has 20 heteroatoms. The van der Waals surface area contributed by atoms with Gasteiger partial charge in [-0.05, 0) is 74.2 Å². The number of fused-ring (bicyclic) bond motifs is 1. The molecule has 0 fully saturated rings. The Morgan fingerprint density at radius 1 is 0.870 bits per heavy atom. The lowest BCUT2D eigenvalue weighted by atomic mass is 9.89.